The van der Waals surface area contributed by atoms with Gasteiger partial charge in [0.15, 0.2) is 0 Å². The Bertz CT molecular complexity index is 1070. The van der Waals surface area contributed by atoms with Crippen molar-refractivity contribution >= 4 is 33.4 Å². The molecular weight excluding hydrogens is 406 g/mol. The molecule has 0 heterocycles. The molecule has 0 aliphatic rings. The van der Waals surface area contributed by atoms with Gasteiger partial charge in [0, 0.05) is 6.54 Å². The molecule has 29 heavy (non-hydrogen) atoms. The molecule has 2 rings (SSSR count). The van der Waals surface area contributed by atoms with Crippen molar-refractivity contribution in [2.75, 3.05) is 19.4 Å². The van der Waals surface area contributed by atoms with Crippen LogP contribution in [0.5, 0.6) is 11.5 Å². The molecule has 0 aliphatic heterocycles. The Morgan fingerprint density at radius 1 is 1.07 bits per heavy atom. The van der Waals surface area contributed by atoms with Crippen molar-refractivity contribution in [3.05, 3.63) is 47.5 Å². The monoisotopic (exact) mass is 423 g/mol. The fourth-order valence-corrected chi connectivity index (χ4v) is 2.56. The molecule has 11 nitrogen and oxygen atoms in total. The molecule has 2 aromatic rings. The van der Waals surface area contributed by atoms with Crippen molar-refractivity contribution in [2.24, 2.45) is 10.2 Å². The number of nitrogens with one attached hydrogen (secondary N) is 1. The highest BCUT2D eigenvalue weighted by molar-refractivity contribution is 7.85. The fourth-order valence-electron chi connectivity index (χ4n) is 2.20. The average Bonchev–Trinajstić information content (AvgIpc) is 2.65. The third-order valence-corrected chi connectivity index (χ3v) is 4.28. The molecule has 0 aliphatic carbocycles. The predicted molar refractivity (Wildman–Crippen MR) is 101 cm³/mol. The maximum atomic E-state index is 12.3. The number of benzene rings is 2. The van der Waals surface area contributed by atoms with Crippen LogP contribution in [-0.2, 0) is 10.1 Å². The minimum absolute atomic E-state index is 0.0521. The van der Waals surface area contributed by atoms with E-state index in [1.165, 1.54) is 37.4 Å². The molecule has 154 valence electrons. The number of methoxy groups -OCH3 is 1. The number of aromatic hydroxyl groups is 1. The average molecular weight is 423 g/mol. The van der Waals surface area contributed by atoms with Crippen LogP contribution in [0.3, 0.4) is 0 Å². The summed E-state index contributed by atoms with van der Waals surface area (Å²) in [5.74, 6) is -2.84. The third-order valence-electron chi connectivity index (χ3n) is 3.56. The second-order valence-corrected chi connectivity index (χ2v) is 7.21. The number of carbonyl (C=O) groups excluding carboxylic acids is 1. The van der Waals surface area contributed by atoms with Crippen LogP contribution in [0.1, 0.15) is 20.7 Å². The smallest absolute Gasteiger partial charge is 0.339 e. The molecule has 0 atom stereocenters. The van der Waals surface area contributed by atoms with E-state index in [1.54, 1.807) is 0 Å². The van der Waals surface area contributed by atoms with Crippen LogP contribution in [0.15, 0.2) is 46.6 Å². The minimum atomic E-state index is -4.22. The van der Waals surface area contributed by atoms with Crippen LogP contribution in [0.2, 0.25) is 0 Å². The van der Waals surface area contributed by atoms with Gasteiger partial charge in [-0.05, 0) is 36.4 Å². The molecule has 1 amide bonds. The number of carboxylic acids is 1. The maximum Gasteiger partial charge on any atom is 0.339 e. The minimum Gasteiger partial charge on any atom is -0.507 e. The van der Waals surface area contributed by atoms with E-state index < -0.39 is 33.5 Å². The number of nitrogens with zero attached hydrogens (tertiary/aromatic N) is 2. The topological polar surface area (TPSA) is 175 Å². The lowest BCUT2D eigenvalue weighted by atomic mass is 10.1. The zero-order valence-electron chi connectivity index (χ0n) is 15.1. The van der Waals surface area contributed by atoms with Crippen LogP contribution < -0.4 is 10.1 Å². The molecule has 0 spiro atoms. The molecule has 0 saturated heterocycles. The van der Waals surface area contributed by atoms with E-state index in [0.29, 0.717) is 0 Å². The van der Waals surface area contributed by atoms with E-state index in [2.05, 4.69) is 15.5 Å². The Balaban J connectivity index is 2.23. The van der Waals surface area contributed by atoms with Gasteiger partial charge in [-0.3, -0.25) is 9.35 Å². The Kier molecular flexibility index (Phi) is 6.85. The summed E-state index contributed by atoms with van der Waals surface area (Å²) in [5.41, 5.74) is 0.108. The molecule has 0 fully saturated rings. The first-order valence-corrected chi connectivity index (χ1v) is 9.61. The first-order valence-electron chi connectivity index (χ1n) is 8.00. The summed E-state index contributed by atoms with van der Waals surface area (Å²) in [6.07, 6.45) is 0. The summed E-state index contributed by atoms with van der Waals surface area (Å²) in [4.78, 5) is 23.3. The van der Waals surface area contributed by atoms with E-state index in [1.807, 2.05) is 0 Å². The van der Waals surface area contributed by atoms with Crippen LogP contribution in [-0.4, -0.2) is 54.5 Å². The van der Waals surface area contributed by atoms with Crippen LogP contribution in [0, 0.1) is 0 Å². The predicted octanol–water partition coefficient (Wildman–Crippen LogP) is 2.13. The van der Waals surface area contributed by atoms with Gasteiger partial charge in [-0.1, -0.05) is 0 Å². The Morgan fingerprint density at radius 2 is 1.66 bits per heavy atom. The highest BCUT2D eigenvalue weighted by atomic mass is 32.2. The van der Waals surface area contributed by atoms with Gasteiger partial charge in [-0.25, -0.2) is 4.79 Å². The molecule has 0 unspecified atom stereocenters. The zero-order valence-corrected chi connectivity index (χ0v) is 15.9. The second-order valence-electron chi connectivity index (χ2n) is 5.63. The normalized spacial score (nSPS) is 11.4. The number of aromatic carboxylic acids is 1. The third kappa shape index (κ3) is 6.26. The number of ether oxygens (including phenoxy) is 1. The van der Waals surface area contributed by atoms with Gasteiger partial charge in [0.2, 0.25) is 0 Å². The van der Waals surface area contributed by atoms with Crippen molar-refractivity contribution in [1.29, 1.82) is 0 Å². The summed E-state index contributed by atoms with van der Waals surface area (Å²) in [6, 6.07) is 7.94. The largest absolute Gasteiger partial charge is 0.507 e. The summed E-state index contributed by atoms with van der Waals surface area (Å²) < 4.78 is 35.3. The standard InChI is InChI=1S/C17H17N3O8S/c1-28-15-5-3-11(9-13(15)16(22)18-6-7-29(25,26)27)20-19-10-2-4-14(21)12(8-10)17(23)24/h2-5,8-9,21H,6-7H2,1H3,(H,18,22)(H,23,24)(H,25,26,27). The lowest BCUT2D eigenvalue weighted by Gasteiger charge is -2.09. The van der Waals surface area contributed by atoms with Crippen LogP contribution in [0.25, 0.3) is 0 Å². The number of azo groups is 1. The molecule has 0 aromatic heterocycles. The van der Waals surface area contributed by atoms with Crippen molar-refractivity contribution in [2.45, 2.75) is 0 Å². The van der Waals surface area contributed by atoms with E-state index in [-0.39, 0.29) is 34.8 Å². The van der Waals surface area contributed by atoms with Gasteiger partial charge in [0.1, 0.15) is 17.1 Å². The van der Waals surface area contributed by atoms with Crippen molar-refractivity contribution in [3.63, 3.8) is 0 Å². The number of hydrogen-bond acceptors (Lipinski definition) is 8. The van der Waals surface area contributed by atoms with E-state index >= 15 is 0 Å². The van der Waals surface area contributed by atoms with E-state index in [0.717, 1.165) is 6.07 Å². The van der Waals surface area contributed by atoms with Gasteiger partial charge in [-0.2, -0.15) is 18.6 Å². The number of amides is 1. The van der Waals surface area contributed by atoms with Gasteiger partial charge < -0.3 is 20.3 Å². The van der Waals surface area contributed by atoms with E-state index in [9.17, 15) is 23.1 Å². The zero-order chi connectivity index (χ0) is 21.6. The highest BCUT2D eigenvalue weighted by Gasteiger charge is 2.15. The Labute approximate surface area is 165 Å². The lowest BCUT2D eigenvalue weighted by Crippen LogP contribution is -2.29. The number of rotatable bonds is 8. The van der Waals surface area contributed by atoms with Gasteiger partial charge >= 0.3 is 5.97 Å². The lowest BCUT2D eigenvalue weighted by molar-refractivity contribution is 0.0693. The van der Waals surface area contributed by atoms with Crippen molar-refractivity contribution < 1.29 is 37.5 Å². The van der Waals surface area contributed by atoms with Gasteiger partial charge in [0.05, 0.1) is 29.8 Å². The number of phenols is 1. The Morgan fingerprint density at radius 3 is 2.21 bits per heavy atom. The van der Waals surface area contributed by atoms with Gasteiger partial charge in [0.25, 0.3) is 16.0 Å². The second kappa shape index (κ2) is 9.12. The van der Waals surface area contributed by atoms with Crippen LogP contribution >= 0.6 is 0 Å². The molecule has 4 N–H and O–H groups in total. The maximum absolute atomic E-state index is 12.3. The first-order chi connectivity index (χ1) is 13.6. The number of hydrogen-bond donors (Lipinski definition) is 4. The van der Waals surface area contributed by atoms with Gasteiger partial charge in [-0.15, -0.1) is 0 Å². The summed E-state index contributed by atoms with van der Waals surface area (Å²) in [6.45, 7) is -0.307. The summed E-state index contributed by atoms with van der Waals surface area (Å²) in [5, 5.41) is 28.6. The van der Waals surface area contributed by atoms with Crippen LogP contribution in [0.4, 0.5) is 11.4 Å². The molecule has 12 heteroatoms. The quantitative estimate of drug-likeness (QED) is 0.369. The highest BCUT2D eigenvalue weighted by Crippen LogP contribution is 2.28. The summed E-state index contributed by atoms with van der Waals surface area (Å²) >= 11 is 0. The van der Waals surface area contributed by atoms with E-state index in [4.69, 9.17) is 14.4 Å². The Hall–Kier alpha value is -3.51. The SMILES string of the molecule is COc1ccc(N=Nc2ccc(O)c(C(=O)O)c2)cc1C(=O)NCCS(=O)(=O)O. The molecule has 0 bridgehead atoms. The summed E-state index contributed by atoms with van der Waals surface area (Å²) in [7, 11) is -2.87. The molecule has 0 saturated carbocycles. The molecule has 0 radical (unpaired) electrons. The fraction of sp³-hybridized carbons (Fsp3) is 0.176. The number of carboxylic acid groups (broad SMARTS) is 1. The van der Waals surface area contributed by atoms with Crippen molar-refractivity contribution in [1.82, 2.24) is 5.32 Å². The first kappa shape index (κ1) is 21.8. The van der Waals surface area contributed by atoms with Crippen molar-refractivity contribution in [3.8, 4) is 11.5 Å². The molecular formula is C17H17N3O8S. The molecule has 2 aromatic carbocycles. The number of carbonyl (C=O) groups is 2.